The molecule has 1 aromatic carbocycles. The Morgan fingerprint density at radius 3 is 2.37 bits per heavy atom. The van der Waals surface area contributed by atoms with Gasteiger partial charge in [0, 0.05) is 18.5 Å². The summed E-state index contributed by atoms with van der Waals surface area (Å²) in [5.41, 5.74) is 1.11. The number of carbonyl (C=O) groups excluding carboxylic acids is 2. The number of rotatable bonds is 5. The van der Waals surface area contributed by atoms with E-state index in [2.05, 4.69) is 11.8 Å². The minimum Gasteiger partial charge on any atom is -0.493 e. The van der Waals surface area contributed by atoms with E-state index in [-0.39, 0.29) is 11.8 Å². The van der Waals surface area contributed by atoms with Crippen LogP contribution in [0.4, 0.5) is 0 Å². The van der Waals surface area contributed by atoms with Gasteiger partial charge >= 0.3 is 0 Å². The van der Waals surface area contributed by atoms with Crippen LogP contribution in [0.2, 0.25) is 0 Å². The molecule has 1 heterocycles. The molecule has 158 valence electrons. The summed E-state index contributed by atoms with van der Waals surface area (Å²) in [6.45, 7) is 0.353. The molecule has 0 radical (unpaired) electrons. The summed E-state index contributed by atoms with van der Waals surface area (Å²) in [5, 5.41) is 0. The molecule has 0 unspecified atom stereocenters. The Labute approximate surface area is 177 Å². The van der Waals surface area contributed by atoms with E-state index >= 15 is 0 Å². The molecule has 2 amide bonds. The number of nitrogens with zero attached hydrogens (tertiary/aromatic N) is 1. The van der Waals surface area contributed by atoms with Crippen molar-refractivity contribution in [1.82, 2.24) is 4.90 Å². The average Bonchev–Trinajstić information content (AvgIpc) is 3.29. The van der Waals surface area contributed by atoms with E-state index < -0.39 is 0 Å². The number of methoxy groups -OCH3 is 3. The van der Waals surface area contributed by atoms with Gasteiger partial charge in [-0.1, -0.05) is 30.8 Å². The van der Waals surface area contributed by atoms with Crippen LogP contribution >= 0.6 is 0 Å². The third-order valence-electron chi connectivity index (χ3n) is 5.31. The lowest BCUT2D eigenvalue weighted by molar-refractivity contribution is -0.139. The Hall–Kier alpha value is -3.20. The van der Waals surface area contributed by atoms with Crippen molar-refractivity contribution in [2.75, 3.05) is 27.9 Å². The number of imide groups is 1. The molecule has 2 aliphatic rings. The molecule has 0 spiro atoms. The van der Waals surface area contributed by atoms with Crippen LogP contribution in [0.5, 0.6) is 17.2 Å². The fourth-order valence-electron chi connectivity index (χ4n) is 3.69. The van der Waals surface area contributed by atoms with Crippen LogP contribution < -0.4 is 14.2 Å². The Kier molecular flexibility index (Phi) is 7.18. The Bertz CT molecular complexity index is 904. The molecule has 1 aliphatic carbocycles. The highest BCUT2D eigenvalue weighted by atomic mass is 16.5. The van der Waals surface area contributed by atoms with Gasteiger partial charge in [-0.05, 0) is 43.0 Å². The van der Waals surface area contributed by atoms with Gasteiger partial charge in [-0.3, -0.25) is 14.5 Å². The van der Waals surface area contributed by atoms with Crippen LogP contribution in [0, 0.1) is 17.8 Å². The van der Waals surface area contributed by atoms with Gasteiger partial charge in [-0.15, -0.1) is 0 Å². The quantitative estimate of drug-likeness (QED) is 0.549. The number of hydrogen-bond donors (Lipinski definition) is 0. The minimum absolute atomic E-state index is 0.328. The molecule has 3 rings (SSSR count). The maximum atomic E-state index is 12.7. The van der Waals surface area contributed by atoms with Gasteiger partial charge in [0.15, 0.2) is 11.5 Å². The van der Waals surface area contributed by atoms with Crippen molar-refractivity contribution >= 4 is 17.9 Å². The first-order valence-electron chi connectivity index (χ1n) is 10.1. The maximum absolute atomic E-state index is 12.7. The van der Waals surface area contributed by atoms with E-state index in [9.17, 15) is 9.59 Å². The van der Waals surface area contributed by atoms with E-state index in [4.69, 9.17) is 14.2 Å². The highest BCUT2D eigenvalue weighted by Gasteiger charge is 2.25. The van der Waals surface area contributed by atoms with Crippen molar-refractivity contribution in [3.05, 3.63) is 35.4 Å². The summed E-state index contributed by atoms with van der Waals surface area (Å²) in [6.07, 6.45) is 10.0. The fraction of sp³-hybridized carbons (Fsp3) is 0.417. The molecule has 1 saturated carbocycles. The van der Waals surface area contributed by atoms with Crippen LogP contribution in [-0.2, 0) is 9.59 Å². The highest BCUT2D eigenvalue weighted by Crippen LogP contribution is 2.38. The predicted octanol–water partition coefficient (Wildman–Crippen LogP) is 3.60. The number of ether oxygens (including phenoxy) is 3. The zero-order valence-corrected chi connectivity index (χ0v) is 17.7. The molecular formula is C24H27NO5. The molecule has 6 heteroatoms. The molecule has 1 fully saturated rings. The molecule has 0 saturated heterocycles. The molecular weight excluding hydrogens is 382 g/mol. The monoisotopic (exact) mass is 409 g/mol. The van der Waals surface area contributed by atoms with Gasteiger partial charge in [-0.2, -0.15) is 0 Å². The second-order valence-electron chi connectivity index (χ2n) is 7.24. The lowest BCUT2D eigenvalue weighted by atomic mass is 10.1. The van der Waals surface area contributed by atoms with Gasteiger partial charge in [0.2, 0.25) is 5.75 Å². The summed E-state index contributed by atoms with van der Waals surface area (Å²) >= 11 is 0. The van der Waals surface area contributed by atoms with Crippen molar-refractivity contribution in [3.63, 3.8) is 0 Å². The molecule has 0 aromatic heterocycles. The zero-order valence-electron chi connectivity index (χ0n) is 17.7. The number of amides is 2. The number of benzene rings is 1. The molecule has 1 aliphatic heterocycles. The Morgan fingerprint density at radius 2 is 1.77 bits per heavy atom. The van der Waals surface area contributed by atoms with Crippen molar-refractivity contribution in [1.29, 1.82) is 0 Å². The Balaban J connectivity index is 1.73. The lowest BCUT2D eigenvalue weighted by Crippen LogP contribution is -2.39. The zero-order chi connectivity index (χ0) is 21.5. The van der Waals surface area contributed by atoms with E-state index in [1.54, 1.807) is 18.2 Å². The van der Waals surface area contributed by atoms with Gasteiger partial charge < -0.3 is 14.2 Å². The number of hydrogen-bond acceptors (Lipinski definition) is 5. The summed E-state index contributed by atoms with van der Waals surface area (Å²) in [6, 6.07) is 3.48. The first-order chi connectivity index (χ1) is 14.6. The van der Waals surface area contributed by atoms with E-state index in [1.165, 1.54) is 45.1 Å². The second kappa shape index (κ2) is 10.0. The van der Waals surface area contributed by atoms with Crippen molar-refractivity contribution in [2.45, 2.75) is 32.1 Å². The van der Waals surface area contributed by atoms with Gasteiger partial charge in [0.1, 0.15) is 0 Å². The average molecular weight is 409 g/mol. The summed E-state index contributed by atoms with van der Waals surface area (Å²) in [5.74, 6) is 7.34. The largest absolute Gasteiger partial charge is 0.493 e. The van der Waals surface area contributed by atoms with Gasteiger partial charge in [-0.25, -0.2) is 0 Å². The van der Waals surface area contributed by atoms with Gasteiger partial charge in [0.25, 0.3) is 11.8 Å². The number of carbonyl (C=O) groups is 2. The van der Waals surface area contributed by atoms with E-state index in [1.807, 2.05) is 6.08 Å². The molecule has 0 atom stereocenters. The standard InChI is InChI=1S/C24H27NO5/c1-28-20-15-18(16-21(29-2)23(20)30-3)11-13-22(26)25-14-6-9-19(24(25)27)12-10-17-7-4-5-8-17/h9,11,13,15-17H,4-8,14H2,1-3H3/b13-11+. The van der Waals surface area contributed by atoms with Crippen LogP contribution in [-0.4, -0.2) is 44.6 Å². The molecule has 6 nitrogen and oxygen atoms in total. The van der Waals surface area contributed by atoms with E-state index in [0.717, 1.165) is 12.8 Å². The third-order valence-corrected chi connectivity index (χ3v) is 5.31. The SMILES string of the molecule is COc1cc(/C=C/C(=O)N2CCC=C(C#CC3CCCC3)C2=O)cc(OC)c1OC. The van der Waals surface area contributed by atoms with Crippen LogP contribution in [0.15, 0.2) is 29.9 Å². The van der Waals surface area contributed by atoms with Crippen LogP contribution in [0.25, 0.3) is 6.08 Å². The topological polar surface area (TPSA) is 65.1 Å². The minimum atomic E-state index is -0.373. The second-order valence-corrected chi connectivity index (χ2v) is 7.24. The highest BCUT2D eigenvalue weighted by molar-refractivity contribution is 6.11. The smallest absolute Gasteiger partial charge is 0.268 e. The summed E-state index contributed by atoms with van der Waals surface area (Å²) < 4.78 is 16.0. The van der Waals surface area contributed by atoms with Crippen LogP contribution in [0.3, 0.4) is 0 Å². The molecule has 0 bridgehead atoms. The molecule has 30 heavy (non-hydrogen) atoms. The fourth-order valence-corrected chi connectivity index (χ4v) is 3.69. The Morgan fingerprint density at radius 1 is 1.10 bits per heavy atom. The molecule has 1 aromatic rings. The predicted molar refractivity (Wildman–Crippen MR) is 114 cm³/mol. The maximum Gasteiger partial charge on any atom is 0.268 e. The van der Waals surface area contributed by atoms with Gasteiger partial charge in [0.05, 0.1) is 26.9 Å². The first kappa shape index (κ1) is 21.5. The summed E-state index contributed by atoms with van der Waals surface area (Å²) in [4.78, 5) is 26.6. The van der Waals surface area contributed by atoms with Crippen molar-refractivity contribution in [2.24, 2.45) is 5.92 Å². The van der Waals surface area contributed by atoms with E-state index in [0.29, 0.717) is 47.3 Å². The van der Waals surface area contributed by atoms with Crippen LogP contribution in [0.1, 0.15) is 37.7 Å². The summed E-state index contributed by atoms with van der Waals surface area (Å²) in [7, 11) is 4.59. The first-order valence-corrected chi connectivity index (χ1v) is 10.1. The molecule has 0 N–H and O–H groups in total. The van der Waals surface area contributed by atoms with Crippen molar-refractivity contribution < 1.29 is 23.8 Å². The lowest BCUT2D eigenvalue weighted by Gasteiger charge is -2.22. The van der Waals surface area contributed by atoms with Crippen molar-refractivity contribution in [3.8, 4) is 29.1 Å². The normalized spacial score (nSPS) is 16.8. The third kappa shape index (κ3) is 4.85.